The number of carbonyl (C=O) groups is 1. The van der Waals surface area contributed by atoms with E-state index in [-0.39, 0.29) is 36.6 Å². The minimum Gasteiger partial charge on any atom is -0.381 e. The first-order valence-corrected chi connectivity index (χ1v) is 10.2. The van der Waals surface area contributed by atoms with Crippen molar-refractivity contribution in [3.8, 4) is 0 Å². The van der Waals surface area contributed by atoms with Gasteiger partial charge in [-0.2, -0.15) is 0 Å². The van der Waals surface area contributed by atoms with Crippen molar-refractivity contribution < 1.29 is 9.53 Å². The van der Waals surface area contributed by atoms with Crippen LogP contribution in [0.1, 0.15) is 29.5 Å². The van der Waals surface area contributed by atoms with Gasteiger partial charge in [0.15, 0.2) is 0 Å². The summed E-state index contributed by atoms with van der Waals surface area (Å²) in [6, 6.07) is 16.7. The monoisotopic (exact) mass is 451 g/mol. The fourth-order valence-corrected chi connectivity index (χ4v) is 4.15. The Morgan fingerprint density at radius 3 is 2.47 bits per heavy atom. The number of ether oxygens (including phenoxy) is 1. The van der Waals surface area contributed by atoms with Crippen molar-refractivity contribution in [1.82, 2.24) is 5.32 Å². The second-order valence-corrected chi connectivity index (χ2v) is 7.81. The van der Waals surface area contributed by atoms with Gasteiger partial charge in [0.2, 0.25) is 5.91 Å². The number of amides is 1. The number of halogens is 2. The van der Waals surface area contributed by atoms with E-state index in [1.54, 1.807) is 0 Å². The molecule has 2 aromatic rings. The van der Waals surface area contributed by atoms with Gasteiger partial charge in [0.25, 0.3) is 0 Å². The van der Waals surface area contributed by atoms with E-state index in [2.05, 4.69) is 58.7 Å². The Labute approximate surface area is 191 Å². The number of hydrogen-bond donors (Lipinski definition) is 2. The fraction of sp³-hybridized carbons (Fsp3) is 0.435. The standard InChI is InChI=1S/C23H29N3O2.2ClH/c24-22(20-10-13-28-14-11-20)23(27)25-15-17-5-7-18(8-6-17)16-26-12-9-19-3-1-2-4-21(19)26;;/h1-8,20,22H,9-16,24H2,(H,25,27);2*1H. The number of para-hydroxylation sites is 1. The van der Waals surface area contributed by atoms with E-state index >= 15 is 0 Å². The van der Waals surface area contributed by atoms with Crippen molar-refractivity contribution in [2.45, 2.75) is 38.4 Å². The van der Waals surface area contributed by atoms with Gasteiger partial charge in [0.1, 0.15) is 0 Å². The number of nitrogens with zero attached hydrogens (tertiary/aromatic N) is 1. The van der Waals surface area contributed by atoms with Gasteiger partial charge in [-0.15, -0.1) is 24.8 Å². The van der Waals surface area contributed by atoms with Crippen LogP contribution in [-0.2, 0) is 29.0 Å². The predicted octanol–water partition coefficient (Wildman–Crippen LogP) is 3.46. The normalized spacial score (nSPS) is 16.8. The molecule has 1 unspecified atom stereocenters. The van der Waals surface area contributed by atoms with Crippen molar-refractivity contribution in [2.24, 2.45) is 11.7 Å². The van der Waals surface area contributed by atoms with E-state index in [0.717, 1.165) is 37.9 Å². The summed E-state index contributed by atoms with van der Waals surface area (Å²) in [4.78, 5) is 14.8. The highest BCUT2D eigenvalue weighted by Crippen LogP contribution is 2.28. The SMILES string of the molecule is Cl.Cl.NC(C(=O)NCc1ccc(CN2CCc3ccccc32)cc1)C1CCOCC1. The molecule has 2 aromatic carbocycles. The highest BCUT2D eigenvalue weighted by molar-refractivity contribution is 5.85. The minimum absolute atomic E-state index is 0. The molecule has 1 fully saturated rings. The van der Waals surface area contributed by atoms with Gasteiger partial charge in [0.05, 0.1) is 6.04 Å². The van der Waals surface area contributed by atoms with Gasteiger partial charge in [-0.3, -0.25) is 4.79 Å². The van der Waals surface area contributed by atoms with Gasteiger partial charge < -0.3 is 20.7 Å². The summed E-state index contributed by atoms with van der Waals surface area (Å²) in [6.45, 7) is 3.91. The Bertz CT molecular complexity index is 810. The van der Waals surface area contributed by atoms with Crippen LogP contribution in [-0.4, -0.2) is 31.7 Å². The van der Waals surface area contributed by atoms with Crippen LogP contribution in [0.4, 0.5) is 5.69 Å². The van der Waals surface area contributed by atoms with Crippen LogP contribution in [0.25, 0.3) is 0 Å². The Balaban J connectivity index is 0.00000160. The van der Waals surface area contributed by atoms with Gasteiger partial charge in [0, 0.05) is 38.5 Å². The fourth-order valence-electron chi connectivity index (χ4n) is 4.15. The molecule has 0 spiro atoms. The van der Waals surface area contributed by atoms with Crippen molar-refractivity contribution in [3.63, 3.8) is 0 Å². The summed E-state index contributed by atoms with van der Waals surface area (Å²) in [5, 5.41) is 2.99. The topological polar surface area (TPSA) is 67.6 Å². The van der Waals surface area contributed by atoms with Crippen molar-refractivity contribution >= 4 is 36.4 Å². The molecule has 164 valence electrons. The minimum atomic E-state index is -0.446. The van der Waals surface area contributed by atoms with E-state index in [1.807, 2.05) is 0 Å². The maximum atomic E-state index is 12.3. The van der Waals surface area contributed by atoms with E-state index in [4.69, 9.17) is 10.5 Å². The zero-order valence-corrected chi connectivity index (χ0v) is 18.7. The third-order valence-electron chi connectivity index (χ3n) is 5.92. The maximum absolute atomic E-state index is 12.3. The van der Waals surface area contributed by atoms with Crippen LogP contribution < -0.4 is 16.0 Å². The summed E-state index contributed by atoms with van der Waals surface area (Å²) in [5.74, 6) is 0.157. The quantitative estimate of drug-likeness (QED) is 0.705. The molecule has 1 saturated heterocycles. The molecule has 2 aliphatic rings. The van der Waals surface area contributed by atoms with Gasteiger partial charge in [-0.25, -0.2) is 0 Å². The van der Waals surface area contributed by atoms with E-state index in [1.165, 1.54) is 16.8 Å². The van der Waals surface area contributed by atoms with E-state index < -0.39 is 6.04 Å². The maximum Gasteiger partial charge on any atom is 0.237 e. The first kappa shape index (κ1) is 24.5. The lowest BCUT2D eigenvalue weighted by molar-refractivity contribution is -0.124. The molecule has 2 heterocycles. The first-order chi connectivity index (χ1) is 13.7. The van der Waals surface area contributed by atoms with E-state index in [0.29, 0.717) is 19.8 Å². The Hall–Kier alpha value is -1.79. The number of carbonyl (C=O) groups excluding carboxylic acids is 1. The van der Waals surface area contributed by atoms with Crippen LogP contribution in [0, 0.1) is 5.92 Å². The third-order valence-corrected chi connectivity index (χ3v) is 5.92. The van der Waals surface area contributed by atoms with Crippen molar-refractivity contribution in [3.05, 3.63) is 65.2 Å². The largest absolute Gasteiger partial charge is 0.381 e. The second kappa shape index (κ2) is 11.6. The average Bonchev–Trinajstić information content (AvgIpc) is 3.16. The second-order valence-electron chi connectivity index (χ2n) is 7.81. The molecule has 4 rings (SSSR count). The molecule has 2 aliphatic heterocycles. The lowest BCUT2D eigenvalue weighted by Gasteiger charge is -2.26. The molecule has 30 heavy (non-hydrogen) atoms. The van der Waals surface area contributed by atoms with Crippen LogP contribution in [0.2, 0.25) is 0 Å². The molecule has 5 nitrogen and oxygen atoms in total. The smallest absolute Gasteiger partial charge is 0.237 e. The molecular weight excluding hydrogens is 421 g/mol. The number of nitrogens with two attached hydrogens (primary N) is 1. The number of anilines is 1. The van der Waals surface area contributed by atoms with Crippen LogP contribution in [0.5, 0.6) is 0 Å². The summed E-state index contributed by atoms with van der Waals surface area (Å²) >= 11 is 0. The number of rotatable bonds is 6. The van der Waals surface area contributed by atoms with Gasteiger partial charge in [-0.1, -0.05) is 42.5 Å². The molecule has 0 bridgehead atoms. The molecule has 0 aliphatic carbocycles. The number of benzene rings is 2. The first-order valence-electron chi connectivity index (χ1n) is 10.2. The molecule has 0 radical (unpaired) electrons. The molecule has 7 heteroatoms. The predicted molar refractivity (Wildman–Crippen MR) is 125 cm³/mol. The third kappa shape index (κ3) is 5.88. The molecule has 3 N–H and O–H groups in total. The zero-order chi connectivity index (χ0) is 19.3. The highest BCUT2D eigenvalue weighted by atomic mass is 35.5. The summed E-state index contributed by atoms with van der Waals surface area (Å²) in [6.07, 6.45) is 2.85. The van der Waals surface area contributed by atoms with Crippen LogP contribution in [0.15, 0.2) is 48.5 Å². The molecule has 1 amide bonds. The molecule has 0 saturated carbocycles. The zero-order valence-electron chi connectivity index (χ0n) is 17.1. The van der Waals surface area contributed by atoms with Crippen molar-refractivity contribution in [2.75, 3.05) is 24.7 Å². The number of nitrogens with one attached hydrogen (secondary N) is 1. The van der Waals surface area contributed by atoms with E-state index in [9.17, 15) is 4.79 Å². The van der Waals surface area contributed by atoms with Crippen molar-refractivity contribution in [1.29, 1.82) is 0 Å². The summed E-state index contributed by atoms with van der Waals surface area (Å²) < 4.78 is 5.35. The Morgan fingerprint density at radius 1 is 1.07 bits per heavy atom. The number of fused-ring (bicyclic) bond motifs is 1. The van der Waals surface area contributed by atoms with Crippen LogP contribution in [0.3, 0.4) is 0 Å². The Kier molecular flexibility index (Phi) is 9.43. The highest BCUT2D eigenvalue weighted by Gasteiger charge is 2.26. The van der Waals surface area contributed by atoms with Gasteiger partial charge >= 0.3 is 0 Å². The molecule has 0 aromatic heterocycles. The summed E-state index contributed by atoms with van der Waals surface area (Å²) in [7, 11) is 0. The average molecular weight is 452 g/mol. The van der Waals surface area contributed by atoms with Gasteiger partial charge in [-0.05, 0) is 47.9 Å². The van der Waals surface area contributed by atoms with Crippen LogP contribution >= 0.6 is 24.8 Å². The summed E-state index contributed by atoms with van der Waals surface area (Å²) in [5.41, 5.74) is 11.3. The number of hydrogen-bond acceptors (Lipinski definition) is 4. The lowest BCUT2D eigenvalue weighted by Crippen LogP contribution is -2.46. The Morgan fingerprint density at radius 2 is 1.73 bits per heavy atom. The molecule has 1 atom stereocenters. The lowest BCUT2D eigenvalue weighted by atomic mass is 9.92. The molecular formula is C23H31Cl2N3O2.